The van der Waals surface area contributed by atoms with Crippen LogP contribution in [0.5, 0.6) is 0 Å². The van der Waals surface area contributed by atoms with Crippen molar-refractivity contribution in [2.45, 2.75) is 12.5 Å². The van der Waals surface area contributed by atoms with Crippen molar-refractivity contribution in [2.75, 3.05) is 0 Å². The highest BCUT2D eigenvalue weighted by molar-refractivity contribution is 6.31. The smallest absolute Gasteiger partial charge is 0.162 e. The molecule has 0 saturated carbocycles. The summed E-state index contributed by atoms with van der Waals surface area (Å²) in [5, 5.41) is 0.297. The molecule has 0 heterocycles. The minimum atomic E-state index is -0.939. The van der Waals surface area contributed by atoms with E-state index in [1.807, 2.05) is 0 Å². The molecular weight excluding hydrogens is 275 g/mol. The van der Waals surface area contributed by atoms with Crippen molar-refractivity contribution >= 4 is 11.6 Å². The zero-order chi connectivity index (χ0) is 14.0. The standard InChI is InChI=1S/C14H11ClF3N/c15-11-5-4-9(16)7-10(11)13(19)6-8-2-1-3-12(17)14(8)18/h1-5,7,13H,6,19H2. The molecule has 0 aliphatic carbocycles. The number of nitrogens with two attached hydrogens (primary N) is 1. The molecule has 2 aromatic rings. The van der Waals surface area contributed by atoms with Crippen LogP contribution in [0.15, 0.2) is 36.4 Å². The van der Waals surface area contributed by atoms with Crippen LogP contribution in [0.25, 0.3) is 0 Å². The molecule has 2 aromatic carbocycles. The number of benzene rings is 2. The maximum atomic E-state index is 13.5. The van der Waals surface area contributed by atoms with E-state index in [2.05, 4.69) is 0 Å². The molecule has 19 heavy (non-hydrogen) atoms. The molecule has 2 rings (SSSR count). The Kier molecular flexibility index (Phi) is 4.12. The Bertz CT molecular complexity index is 601. The van der Waals surface area contributed by atoms with Gasteiger partial charge < -0.3 is 5.73 Å². The van der Waals surface area contributed by atoms with Gasteiger partial charge in [-0.05, 0) is 41.8 Å². The van der Waals surface area contributed by atoms with Gasteiger partial charge in [0.25, 0.3) is 0 Å². The van der Waals surface area contributed by atoms with E-state index < -0.39 is 23.5 Å². The monoisotopic (exact) mass is 285 g/mol. The first-order valence-electron chi connectivity index (χ1n) is 5.62. The molecule has 0 aliphatic heterocycles. The SMILES string of the molecule is NC(Cc1cccc(F)c1F)c1cc(F)ccc1Cl. The summed E-state index contributed by atoms with van der Waals surface area (Å²) < 4.78 is 39.7. The molecule has 1 atom stereocenters. The van der Waals surface area contributed by atoms with E-state index in [9.17, 15) is 13.2 Å². The molecule has 1 nitrogen and oxygen atoms in total. The first kappa shape index (κ1) is 13.9. The molecule has 0 spiro atoms. The lowest BCUT2D eigenvalue weighted by Gasteiger charge is -2.14. The average molecular weight is 286 g/mol. The molecular formula is C14H11ClF3N. The minimum absolute atomic E-state index is 0.0345. The molecule has 100 valence electrons. The van der Waals surface area contributed by atoms with Crippen LogP contribution in [-0.2, 0) is 6.42 Å². The number of hydrogen-bond donors (Lipinski definition) is 1. The van der Waals surface area contributed by atoms with Gasteiger partial charge in [-0.15, -0.1) is 0 Å². The molecule has 0 aromatic heterocycles. The lowest BCUT2D eigenvalue weighted by Crippen LogP contribution is -2.15. The Morgan fingerprint density at radius 3 is 2.58 bits per heavy atom. The van der Waals surface area contributed by atoms with Gasteiger partial charge in [0.15, 0.2) is 11.6 Å². The predicted molar refractivity (Wildman–Crippen MR) is 68.4 cm³/mol. The summed E-state index contributed by atoms with van der Waals surface area (Å²) in [6, 6.07) is 6.94. The topological polar surface area (TPSA) is 26.0 Å². The Hall–Kier alpha value is -1.52. The Morgan fingerprint density at radius 2 is 1.84 bits per heavy atom. The zero-order valence-electron chi connectivity index (χ0n) is 9.84. The van der Waals surface area contributed by atoms with Crippen molar-refractivity contribution in [2.24, 2.45) is 5.73 Å². The van der Waals surface area contributed by atoms with Crippen molar-refractivity contribution in [3.8, 4) is 0 Å². The summed E-state index contributed by atoms with van der Waals surface area (Å²) in [6.07, 6.45) is 0.0345. The van der Waals surface area contributed by atoms with Crippen LogP contribution in [0.4, 0.5) is 13.2 Å². The Balaban J connectivity index is 2.28. The molecule has 0 radical (unpaired) electrons. The van der Waals surface area contributed by atoms with Gasteiger partial charge in [0.05, 0.1) is 0 Å². The fourth-order valence-electron chi connectivity index (χ4n) is 1.85. The second kappa shape index (κ2) is 5.63. The minimum Gasteiger partial charge on any atom is -0.324 e. The van der Waals surface area contributed by atoms with Gasteiger partial charge in [0, 0.05) is 11.1 Å². The van der Waals surface area contributed by atoms with Gasteiger partial charge in [-0.1, -0.05) is 23.7 Å². The van der Waals surface area contributed by atoms with E-state index in [1.165, 1.54) is 30.3 Å². The van der Waals surface area contributed by atoms with Crippen LogP contribution in [-0.4, -0.2) is 0 Å². The fourth-order valence-corrected chi connectivity index (χ4v) is 2.11. The number of hydrogen-bond acceptors (Lipinski definition) is 1. The van der Waals surface area contributed by atoms with Gasteiger partial charge in [-0.2, -0.15) is 0 Å². The number of rotatable bonds is 3. The number of halogens is 4. The van der Waals surface area contributed by atoms with E-state index >= 15 is 0 Å². The van der Waals surface area contributed by atoms with E-state index in [1.54, 1.807) is 0 Å². The van der Waals surface area contributed by atoms with Gasteiger partial charge >= 0.3 is 0 Å². The van der Waals surface area contributed by atoms with E-state index in [-0.39, 0.29) is 12.0 Å². The lowest BCUT2D eigenvalue weighted by molar-refractivity contribution is 0.494. The average Bonchev–Trinajstić information content (AvgIpc) is 2.38. The van der Waals surface area contributed by atoms with Crippen molar-refractivity contribution in [1.29, 1.82) is 0 Å². The molecule has 1 unspecified atom stereocenters. The predicted octanol–water partition coefficient (Wildman–Crippen LogP) is 4.00. The maximum absolute atomic E-state index is 13.5. The largest absolute Gasteiger partial charge is 0.324 e. The highest BCUT2D eigenvalue weighted by atomic mass is 35.5. The summed E-state index contributed by atoms with van der Waals surface area (Å²) in [7, 11) is 0. The molecule has 0 aliphatic rings. The van der Waals surface area contributed by atoms with Crippen LogP contribution >= 0.6 is 11.6 Å². The van der Waals surface area contributed by atoms with Crippen molar-refractivity contribution < 1.29 is 13.2 Å². The van der Waals surface area contributed by atoms with Crippen LogP contribution in [0.1, 0.15) is 17.2 Å². The molecule has 0 amide bonds. The van der Waals surface area contributed by atoms with E-state index in [0.717, 1.165) is 6.07 Å². The highest BCUT2D eigenvalue weighted by Gasteiger charge is 2.15. The normalized spacial score (nSPS) is 12.5. The third-order valence-corrected chi connectivity index (χ3v) is 3.17. The zero-order valence-corrected chi connectivity index (χ0v) is 10.6. The van der Waals surface area contributed by atoms with Crippen molar-refractivity contribution in [1.82, 2.24) is 0 Å². The second-order valence-corrected chi connectivity index (χ2v) is 4.60. The van der Waals surface area contributed by atoms with Crippen LogP contribution in [0.3, 0.4) is 0 Å². The van der Waals surface area contributed by atoms with Crippen LogP contribution < -0.4 is 5.73 Å². The lowest BCUT2D eigenvalue weighted by atomic mass is 9.99. The third-order valence-electron chi connectivity index (χ3n) is 2.83. The summed E-state index contributed by atoms with van der Waals surface area (Å²) >= 11 is 5.91. The van der Waals surface area contributed by atoms with Crippen LogP contribution in [0.2, 0.25) is 5.02 Å². The van der Waals surface area contributed by atoms with Crippen LogP contribution in [0, 0.1) is 17.5 Å². The molecule has 5 heteroatoms. The Morgan fingerprint density at radius 1 is 1.11 bits per heavy atom. The second-order valence-electron chi connectivity index (χ2n) is 4.19. The van der Waals surface area contributed by atoms with Crippen molar-refractivity contribution in [3.05, 3.63) is 70.0 Å². The summed E-state index contributed by atoms with van der Waals surface area (Å²) in [6.45, 7) is 0. The van der Waals surface area contributed by atoms with Gasteiger partial charge in [-0.3, -0.25) is 0 Å². The quantitative estimate of drug-likeness (QED) is 0.906. The maximum Gasteiger partial charge on any atom is 0.162 e. The molecule has 0 fully saturated rings. The summed E-state index contributed by atoms with van der Waals surface area (Å²) in [5.74, 6) is -2.35. The first-order chi connectivity index (χ1) is 8.99. The molecule has 2 N–H and O–H groups in total. The summed E-state index contributed by atoms with van der Waals surface area (Å²) in [4.78, 5) is 0. The van der Waals surface area contributed by atoms with Gasteiger partial charge in [0.1, 0.15) is 5.82 Å². The first-order valence-corrected chi connectivity index (χ1v) is 6.00. The van der Waals surface area contributed by atoms with E-state index in [0.29, 0.717) is 10.6 Å². The molecule has 0 saturated heterocycles. The fraction of sp³-hybridized carbons (Fsp3) is 0.143. The molecule has 0 bridgehead atoms. The highest BCUT2D eigenvalue weighted by Crippen LogP contribution is 2.26. The Labute approximate surface area is 113 Å². The van der Waals surface area contributed by atoms with Crippen molar-refractivity contribution in [3.63, 3.8) is 0 Å². The summed E-state index contributed by atoms with van der Waals surface area (Å²) in [5.41, 5.74) is 6.37. The van der Waals surface area contributed by atoms with E-state index in [4.69, 9.17) is 17.3 Å². The van der Waals surface area contributed by atoms with Gasteiger partial charge in [0.2, 0.25) is 0 Å². The van der Waals surface area contributed by atoms with Gasteiger partial charge in [-0.25, -0.2) is 13.2 Å². The third kappa shape index (κ3) is 3.08.